The van der Waals surface area contributed by atoms with Crippen LogP contribution in [0.3, 0.4) is 0 Å². The SMILES string of the molecule is CN(C)C(=O)c1cccc(CCl)n1.CS(=O)(=O)Cl. The number of carbonyl (C=O) groups is 1. The molecule has 0 radical (unpaired) electrons. The highest BCUT2D eigenvalue weighted by Crippen LogP contribution is 2.03. The quantitative estimate of drug-likeness (QED) is 0.616. The van der Waals surface area contributed by atoms with Gasteiger partial charge in [0, 0.05) is 24.8 Å². The predicted octanol–water partition coefficient (Wildman–Crippen LogP) is 1.71. The van der Waals surface area contributed by atoms with Gasteiger partial charge < -0.3 is 4.90 Å². The fourth-order valence-corrected chi connectivity index (χ4v) is 1.05. The van der Waals surface area contributed by atoms with Crippen molar-refractivity contribution in [2.24, 2.45) is 0 Å². The van der Waals surface area contributed by atoms with Gasteiger partial charge in [0.15, 0.2) is 0 Å². The molecule has 0 saturated heterocycles. The van der Waals surface area contributed by atoms with E-state index in [1.165, 1.54) is 4.90 Å². The Morgan fingerprint density at radius 2 is 1.89 bits per heavy atom. The summed E-state index contributed by atoms with van der Waals surface area (Å²) in [4.78, 5) is 17.0. The van der Waals surface area contributed by atoms with Gasteiger partial charge >= 0.3 is 0 Å². The molecule has 0 atom stereocenters. The number of halogens is 2. The maximum atomic E-state index is 11.4. The molecule has 18 heavy (non-hydrogen) atoms. The van der Waals surface area contributed by atoms with Gasteiger partial charge in [0.1, 0.15) is 5.69 Å². The van der Waals surface area contributed by atoms with Crippen molar-refractivity contribution >= 4 is 37.2 Å². The first-order valence-corrected chi connectivity index (χ1v) is 8.03. The second kappa shape index (κ2) is 7.56. The highest BCUT2D eigenvalue weighted by Gasteiger charge is 2.08. The van der Waals surface area contributed by atoms with Gasteiger partial charge in [0.25, 0.3) is 5.91 Å². The van der Waals surface area contributed by atoms with Crippen molar-refractivity contribution in [1.29, 1.82) is 0 Å². The van der Waals surface area contributed by atoms with Gasteiger partial charge in [-0.15, -0.1) is 11.6 Å². The van der Waals surface area contributed by atoms with Crippen molar-refractivity contribution in [3.8, 4) is 0 Å². The van der Waals surface area contributed by atoms with Gasteiger partial charge in [0.2, 0.25) is 9.05 Å². The molecule has 1 heterocycles. The Morgan fingerprint density at radius 1 is 1.39 bits per heavy atom. The van der Waals surface area contributed by atoms with Gasteiger partial charge in [-0.3, -0.25) is 4.79 Å². The van der Waals surface area contributed by atoms with E-state index < -0.39 is 9.05 Å². The van der Waals surface area contributed by atoms with Crippen LogP contribution >= 0.6 is 22.3 Å². The van der Waals surface area contributed by atoms with E-state index in [1.807, 2.05) is 0 Å². The zero-order chi connectivity index (χ0) is 14.3. The van der Waals surface area contributed by atoms with Crippen LogP contribution in [0.1, 0.15) is 16.2 Å². The molecular weight excluding hydrogens is 299 g/mol. The third kappa shape index (κ3) is 8.27. The number of rotatable bonds is 2. The minimum atomic E-state index is -3.19. The van der Waals surface area contributed by atoms with Crippen LogP contribution in [0.5, 0.6) is 0 Å². The van der Waals surface area contributed by atoms with Gasteiger partial charge in [-0.05, 0) is 12.1 Å². The van der Waals surface area contributed by atoms with Crippen molar-refractivity contribution in [3.05, 3.63) is 29.6 Å². The summed E-state index contributed by atoms with van der Waals surface area (Å²) in [5.41, 5.74) is 1.15. The molecule has 0 saturated carbocycles. The number of aromatic nitrogens is 1. The van der Waals surface area contributed by atoms with E-state index in [4.69, 9.17) is 11.6 Å². The molecule has 0 aliphatic rings. The molecule has 1 aromatic heterocycles. The zero-order valence-corrected chi connectivity index (χ0v) is 12.6. The van der Waals surface area contributed by atoms with E-state index in [1.54, 1.807) is 32.3 Å². The predicted molar refractivity (Wildman–Crippen MR) is 72.5 cm³/mol. The van der Waals surface area contributed by atoms with Crippen LogP contribution in [0, 0.1) is 0 Å². The molecule has 102 valence electrons. The highest BCUT2D eigenvalue weighted by atomic mass is 35.7. The average Bonchev–Trinajstić information content (AvgIpc) is 2.25. The van der Waals surface area contributed by atoms with Crippen LogP contribution in [-0.2, 0) is 14.9 Å². The van der Waals surface area contributed by atoms with Crippen LogP contribution < -0.4 is 0 Å². The van der Waals surface area contributed by atoms with Crippen LogP contribution in [0.15, 0.2) is 18.2 Å². The number of amides is 1. The largest absolute Gasteiger partial charge is 0.343 e. The number of alkyl halides is 1. The van der Waals surface area contributed by atoms with Crippen LogP contribution in [0.4, 0.5) is 0 Å². The second-order valence-corrected chi connectivity index (χ2v) is 6.84. The molecule has 0 spiro atoms. The normalized spacial score (nSPS) is 10.3. The lowest BCUT2D eigenvalue weighted by atomic mass is 10.3. The van der Waals surface area contributed by atoms with Crippen molar-refractivity contribution in [1.82, 2.24) is 9.88 Å². The van der Waals surface area contributed by atoms with E-state index in [2.05, 4.69) is 15.7 Å². The minimum absolute atomic E-state index is 0.105. The van der Waals surface area contributed by atoms with Crippen molar-refractivity contribution < 1.29 is 13.2 Å². The molecule has 8 heteroatoms. The topological polar surface area (TPSA) is 67.3 Å². The van der Waals surface area contributed by atoms with Crippen LogP contribution in [0.25, 0.3) is 0 Å². The molecule has 1 amide bonds. The zero-order valence-electron chi connectivity index (χ0n) is 10.2. The first-order valence-electron chi connectivity index (χ1n) is 4.78. The standard InChI is InChI=1S/C9H11ClN2O.CH3ClO2S/c1-12(2)9(13)8-5-3-4-7(6-10)11-8;1-5(2,3)4/h3-5H,6H2,1-2H3;1H3. The third-order valence-corrected chi connectivity index (χ3v) is 1.84. The Kier molecular flexibility index (Phi) is 7.20. The number of hydrogen-bond acceptors (Lipinski definition) is 4. The molecule has 0 aliphatic heterocycles. The molecule has 1 aromatic rings. The molecule has 0 aliphatic carbocycles. The number of nitrogens with zero attached hydrogens (tertiary/aromatic N) is 2. The van der Waals surface area contributed by atoms with E-state index in [0.717, 1.165) is 11.9 Å². The number of carbonyl (C=O) groups excluding carboxylic acids is 1. The number of hydrogen-bond donors (Lipinski definition) is 0. The lowest BCUT2D eigenvalue weighted by molar-refractivity contribution is 0.0821. The first-order chi connectivity index (χ1) is 8.15. The molecule has 0 bridgehead atoms. The smallest absolute Gasteiger partial charge is 0.271 e. The lowest BCUT2D eigenvalue weighted by Gasteiger charge is -2.09. The van der Waals surface area contributed by atoms with Gasteiger partial charge in [-0.2, -0.15) is 0 Å². The summed E-state index contributed by atoms with van der Waals surface area (Å²) in [6, 6.07) is 5.25. The third-order valence-electron chi connectivity index (χ3n) is 1.57. The summed E-state index contributed by atoms with van der Waals surface area (Å²) in [6.07, 6.45) is 0.925. The van der Waals surface area contributed by atoms with Crippen LogP contribution in [0.2, 0.25) is 0 Å². The van der Waals surface area contributed by atoms with Crippen molar-refractivity contribution in [2.45, 2.75) is 5.88 Å². The Labute approximate surface area is 116 Å². The first kappa shape index (κ1) is 17.2. The fraction of sp³-hybridized carbons (Fsp3) is 0.400. The summed E-state index contributed by atoms with van der Waals surface area (Å²) in [5.74, 6) is 0.223. The minimum Gasteiger partial charge on any atom is -0.343 e. The molecule has 0 fully saturated rings. The van der Waals surface area contributed by atoms with Crippen molar-refractivity contribution in [2.75, 3.05) is 20.4 Å². The number of pyridine rings is 1. The Hall–Kier alpha value is -0.850. The monoisotopic (exact) mass is 312 g/mol. The Morgan fingerprint density at radius 3 is 2.28 bits per heavy atom. The Balaban J connectivity index is 0.000000494. The average molecular weight is 313 g/mol. The van der Waals surface area contributed by atoms with E-state index in [-0.39, 0.29) is 5.91 Å². The molecule has 1 rings (SSSR count). The summed E-state index contributed by atoms with van der Waals surface area (Å²) < 4.78 is 18.8. The maximum Gasteiger partial charge on any atom is 0.271 e. The van der Waals surface area contributed by atoms with E-state index in [0.29, 0.717) is 11.6 Å². The summed E-state index contributed by atoms with van der Waals surface area (Å²) in [7, 11) is 4.69. The lowest BCUT2D eigenvalue weighted by Crippen LogP contribution is -2.22. The van der Waals surface area contributed by atoms with Crippen LogP contribution in [-0.4, -0.2) is 44.6 Å². The highest BCUT2D eigenvalue weighted by molar-refractivity contribution is 8.13. The molecule has 5 nitrogen and oxygen atoms in total. The summed E-state index contributed by atoms with van der Waals surface area (Å²) in [5, 5.41) is 0. The fourth-order valence-electron chi connectivity index (χ4n) is 0.902. The van der Waals surface area contributed by atoms with E-state index >= 15 is 0 Å². The molecule has 0 unspecified atom stereocenters. The summed E-state index contributed by atoms with van der Waals surface area (Å²) >= 11 is 5.60. The van der Waals surface area contributed by atoms with Crippen molar-refractivity contribution in [3.63, 3.8) is 0 Å². The molecular formula is C10H14Cl2N2O3S. The molecule has 0 aromatic carbocycles. The summed E-state index contributed by atoms with van der Waals surface area (Å²) in [6.45, 7) is 0. The van der Waals surface area contributed by atoms with Gasteiger partial charge in [-0.1, -0.05) is 6.07 Å². The van der Waals surface area contributed by atoms with E-state index in [9.17, 15) is 13.2 Å². The van der Waals surface area contributed by atoms with Gasteiger partial charge in [-0.25, -0.2) is 13.4 Å². The Bertz CT molecular complexity index is 496. The second-order valence-electron chi connectivity index (χ2n) is 3.53. The molecule has 0 N–H and O–H groups in total. The maximum absolute atomic E-state index is 11.4. The van der Waals surface area contributed by atoms with Gasteiger partial charge in [0.05, 0.1) is 17.8 Å².